The molecule has 0 aliphatic heterocycles. The van der Waals surface area contributed by atoms with Crippen molar-refractivity contribution in [1.29, 1.82) is 0 Å². The summed E-state index contributed by atoms with van der Waals surface area (Å²) >= 11 is 1.27. The molecule has 2 aromatic carbocycles. The maximum Gasteiger partial charge on any atom is 0.266 e. The second kappa shape index (κ2) is 8.58. The number of anilines is 2. The van der Waals surface area contributed by atoms with Gasteiger partial charge in [-0.3, -0.25) is 14.4 Å². The van der Waals surface area contributed by atoms with Crippen LogP contribution in [0.1, 0.15) is 6.92 Å². The quantitative estimate of drug-likeness (QED) is 0.616. The molecule has 1 aromatic heterocycles. The van der Waals surface area contributed by atoms with Gasteiger partial charge in [0.2, 0.25) is 15.2 Å². The lowest BCUT2D eigenvalue weighted by Gasteiger charge is -2.18. The Kier molecular flexibility index (Phi) is 6.14. The molecule has 1 amide bonds. The molecule has 0 bridgehead atoms. The number of sulfonamides is 1. The first-order chi connectivity index (χ1) is 13.7. The normalized spacial score (nSPS) is 12.2. The van der Waals surface area contributed by atoms with E-state index in [4.69, 9.17) is 4.74 Å². The van der Waals surface area contributed by atoms with Gasteiger partial charge in [-0.15, -0.1) is 10.2 Å². The Labute approximate surface area is 173 Å². The fourth-order valence-electron chi connectivity index (χ4n) is 2.36. The number of nitrogens with one attached hydrogen (secondary N) is 1. The van der Waals surface area contributed by atoms with Gasteiger partial charge in [0.25, 0.3) is 5.91 Å². The first-order valence-corrected chi connectivity index (χ1v) is 11.3. The van der Waals surface area contributed by atoms with E-state index in [-0.39, 0.29) is 5.91 Å². The van der Waals surface area contributed by atoms with Gasteiger partial charge in [-0.25, -0.2) is 8.42 Å². The minimum Gasteiger partial charge on any atom is -0.481 e. The molecule has 1 N–H and O–H groups in total. The first-order valence-electron chi connectivity index (χ1n) is 8.64. The van der Waals surface area contributed by atoms with Crippen LogP contribution in [0.5, 0.6) is 5.75 Å². The maximum atomic E-state index is 12.4. The first kappa shape index (κ1) is 20.7. The van der Waals surface area contributed by atoms with Crippen molar-refractivity contribution in [2.45, 2.75) is 13.0 Å². The molecule has 1 atom stereocenters. The lowest BCUT2D eigenvalue weighted by molar-refractivity contribution is -0.122. The van der Waals surface area contributed by atoms with E-state index in [1.165, 1.54) is 18.4 Å². The Balaban J connectivity index is 1.60. The Hall–Kier alpha value is -2.98. The fourth-order valence-corrected chi connectivity index (χ4v) is 3.62. The van der Waals surface area contributed by atoms with Crippen molar-refractivity contribution in [3.8, 4) is 16.3 Å². The fraction of sp³-hybridized carbons (Fsp3) is 0.211. The molecule has 0 radical (unpaired) electrons. The van der Waals surface area contributed by atoms with E-state index in [1.54, 1.807) is 31.2 Å². The van der Waals surface area contributed by atoms with E-state index >= 15 is 0 Å². The van der Waals surface area contributed by atoms with E-state index in [0.717, 1.165) is 16.1 Å². The number of carbonyl (C=O) groups excluding carboxylic acids is 1. The molecule has 10 heteroatoms. The lowest BCUT2D eigenvalue weighted by atomic mass is 10.2. The SMILES string of the molecule is CC(Oc1ccc(N(C)S(C)(=O)=O)cc1)C(=O)Nc1nnc(-c2ccccc2)s1. The summed E-state index contributed by atoms with van der Waals surface area (Å²) in [6.45, 7) is 1.62. The van der Waals surface area contributed by atoms with Crippen molar-refractivity contribution in [1.82, 2.24) is 10.2 Å². The molecule has 29 heavy (non-hydrogen) atoms. The summed E-state index contributed by atoms with van der Waals surface area (Å²) in [6, 6.07) is 16.0. The van der Waals surface area contributed by atoms with Crippen molar-refractivity contribution in [2.24, 2.45) is 0 Å². The summed E-state index contributed by atoms with van der Waals surface area (Å²) in [5.41, 5.74) is 1.42. The third kappa shape index (κ3) is 5.30. The zero-order chi connectivity index (χ0) is 21.0. The van der Waals surface area contributed by atoms with E-state index in [1.807, 2.05) is 30.3 Å². The van der Waals surface area contributed by atoms with Gasteiger partial charge < -0.3 is 4.74 Å². The predicted octanol–water partition coefficient (Wildman–Crippen LogP) is 3.01. The molecular formula is C19H20N4O4S2. The second-order valence-electron chi connectivity index (χ2n) is 6.25. The zero-order valence-corrected chi connectivity index (χ0v) is 17.7. The third-order valence-electron chi connectivity index (χ3n) is 4.06. The smallest absolute Gasteiger partial charge is 0.266 e. The van der Waals surface area contributed by atoms with Gasteiger partial charge in [0.1, 0.15) is 10.8 Å². The van der Waals surface area contributed by atoms with Gasteiger partial charge in [0.05, 0.1) is 11.9 Å². The highest BCUT2D eigenvalue weighted by molar-refractivity contribution is 7.92. The Morgan fingerprint density at radius 2 is 1.76 bits per heavy atom. The summed E-state index contributed by atoms with van der Waals surface area (Å²) in [7, 11) is -1.88. The predicted molar refractivity (Wildman–Crippen MR) is 114 cm³/mol. The molecule has 0 saturated carbocycles. The highest BCUT2D eigenvalue weighted by Gasteiger charge is 2.18. The van der Waals surface area contributed by atoms with Crippen molar-refractivity contribution >= 4 is 38.1 Å². The molecule has 3 rings (SSSR count). The molecule has 0 saturated heterocycles. The average Bonchev–Trinajstić information content (AvgIpc) is 3.16. The molecule has 1 heterocycles. The van der Waals surface area contributed by atoms with Crippen LogP contribution >= 0.6 is 11.3 Å². The van der Waals surface area contributed by atoms with Crippen LogP contribution in [0.25, 0.3) is 10.6 Å². The number of ether oxygens (including phenoxy) is 1. The Bertz CT molecular complexity index is 1080. The second-order valence-corrected chi connectivity index (χ2v) is 9.24. The summed E-state index contributed by atoms with van der Waals surface area (Å²) < 4.78 is 30.0. The van der Waals surface area contributed by atoms with Crippen LogP contribution in [0.2, 0.25) is 0 Å². The van der Waals surface area contributed by atoms with Crippen molar-refractivity contribution < 1.29 is 17.9 Å². The number of amides is 1. The lowest BCUT2D eigenvalue weighted by Crippen LogP contribution is -2.30. The molecule has 1 unspecified atom stereocenters. The van der Waals surface area contributed by atoms with E-state index in [0.29, 0.717) is 21.6 Å². The van der Waals surface area contributed by atoms with Crippen LogP contribution in [-0.4, -0.2) is 43.9 Å². The van der Waals surface area contributed by atoms with Gasteiger partial charge in [-0.1, -0.05) is 41.7 Å². The summed E-state index contributed by atoms with van der Waals surface area (Å²) in [4.78, 5) is 12.4. The van der Waals surface area contributed by atoms with E-state index in [2.05, 4.69) is 15.5 Å². The molecule has 0 fully saturated rings. The molecular weight excluding hydrogens is 412 g/mol. The van der Waals surface area contributed by atoms with Gasteiger partial charge in [-0.2, -0.15) is 0 Å². The molecule has 0 aliphatic rings. The molecule has 152 valence electrons. The van der Waals surface area contributed by atoms with Gasteiger partial charge in [-0.05, 0) is 31.2 Å². The van der Waals surface area contributed by atoms with Crippen molar-refractivity contribution in [2.75, 3.05) is 22.9 Å². The number of aromatic nitrogens is 2. The molecule has 3 aromatic rings. The monoisotopic (exact) mass is 432 g/mol. The van der Waals surface area contributed by atoms with Crippen LogP contribution in [0.4, 0.5) is 10.8 Å². The summed E-state index contributed by atoms with van der Waals surface area (Å²) in [6.07, 6.45) is 0.345. The average molecular weight is 433 g/mol. The largest absolute Gasteiger partial charge is 0.481 e. The Morgan fingerprint density at radius 3 is 2.38 bits per heavy atom. The topological polar surface area (TPSA) is 101 Å². The number of nitrogens with zero attached hydrogens (tertiary/aromatic N) is 3. The van der Waals surface area contributed by atoms with Crippen LogP contribution in [-0.2, 0) is 14.8 Å². The van der Waals surface area contributed by atoms with Crippen LogP contribution in [0.15, 0.2) is 54.6 Å². The standard InChI is InChI=1S/C19H20N4O4S2/c1-13(27-16-11-9-15(10-12-16)23(2)29(3,25)26)17(24)20-19-22-21-18(28-19)14-7-5-4-6-8-14/h4-13H,1-3H3,(H,20,22,24). The molecule has 0 aliphatic carbocycles. The number of hydrogen-bond donors (Lipinski definition) is 1. The van der Waals surface area contributed by atoms with Gasteiger partial charge >= 0.3 is 0 Å². The maximum absolute atomic E-state index is 12.4. The number of benzene rings is 2. The zero-order valence-electron chi connectivity index (χ0n) is 16.1. The minimum atomic E-state index is -3.34. The van der Waals surface area contributed by atoms with E-state index in [9.17, 15) is 13.2 Å². The van der Waals surface area contributed by atoms with Crippen molar-refractivity contribution in [3.63, 3.8) is 0 Å². The minimum absolute atomic E-state index is 0.363. The summed E-state index contributed by atoms with van der Waals surface area (Å²) in [5.74, 6) is 0.0821. The van der Waals surface area contributed by atoms with Gasteiger partial charge in [0.15, 0.2) is 6.10 Å². The highest BCUT2D eigenvalue weighted by Crippen LogP contribution is 2.26. The molecule has 8 nitrogen and oxygen atoms in total. The number of rotatable bonds is 7. The van der Waals surface area contributed by atoms with Crippen LogP contribution in [0.3, 0.4) is 0 Å². The van der Waals surface area contributed by atoms with Gasteiger partial charge in [0, 0.05) is 12.6 Å². The van der Waals surface area contributed by atoms with Crippen LogP contribution < -0.4 is 14.4 Å². The summed E-state index contributed by atoms with van der Waals surface area (Å²) in [5, 5.41) is 11.9. The number of carbonyl (C=O) groups is 1. The van der Waals surface area contributed by atoms with Crippen LogP contribution in [0, 0.1) is 0 Å². The van der Waals surface area contributed by atoms with E-state index < -0.39 is 16.1 Å². The Morgan fingerprint density at radius 1 is 1.10 bits per heavy atom. The molecule has 0 spiro atoms. The number of hydrogen-bond acceptors (Lipinski definition) is 7. The highest BCUT2D eigenvalue weighted by atomic mass is 32.2. The van der Waals surface area contributed by atoms with Crippen molar-refractivity contribution in [3.05, 3.63) is 54.6 Å². The third-order valence-corrected chi connectivity index (χ3v) is 6.15.